The van der Waals surface area contributed by atoms with Crippen LogP contribution in [0.1, 0.15) is 30.6 Å². The molecule has 2 aliphatic heterocycles. The van der Waals surface area contributed by atoms with Gasteiger partial charge in [-0.2, -0.15) is 0 Å². The number of rotatable bonds is 7. The highest BCUT2D eigenvalue weighted by molar-refractivity contribution is 7.16. The molecule has 2 aliphatic rings. The predicted molar refractivity (Wildman–Crippen MR) is 107 cm³/mol. The van der Waals surface area contributed by atoms with Gasteiger partial charge in [0.15, 0.2) is 0 Å². The zero-order valence-corrected chi connectivity index (χ0v) is 17.2. The maximum absolute atomic E-state index is 12.3. The fourth-order valence-electron chi connectivity index (χ4n) is 4.07. The number of hydrogen-bond donors (Lipinski definition) is 1. The number of ether oxygens (including phenoxy) is 1. The number of thiophene rings is 1. The van der Waals surface area contributed by atoms with Gasteiger partial charge < -0.3 is 10.1 Å². The molecule has 146 valence electrons. The third kappa shape index (κ3) is 5.67. The Morgan fingerprint density at radius 3 is 2.81 bits per heavy atom. The first-order chi connectivity index (χ1) is 12.7. The van der Waals surface area contributed by atoms with Crippen molar-refractivity contribution in [1.82, 2.24) is 15.1 Å². The van der Waals surface area contributed by atoms with Crippen LogP contribution in [0.4, 0.5) is 0 Å². The van der Waals surface area contributed by atoms with Crippen molar-refractivity contribution in [3.63, 3.8) is 0 Å². The SMILES string of the molecule is COCCNC(=O)[C@H]1CCCN(C2CCN(Cc3ccc(Cl)s3)CC2)C1. The van der Waals surface area contributed by atoms with E-state index in [-0.39, 0.29) is 11.8 Å². The maximum Gasteiger partial charge on any atom is 0.224 e. The van der Waals surface area contributed by atoms with E-state index < -0.39 is 0 Å². The van der Waals surface area contributed by atoms with Crippen LogP contribution >= 0.6 is 22.9 Å². The van der Waals surface area contributed by atoms with Crippen LogP contribution in [0, 0.1) is 5.92 Å². The predicted octanol–water partition coefficient (Wildman–Crippen LogP) is 2.84. The van der Waals surface area contributed by atoms with Crippen molar-refractivity contribution in [1.29, 1.82) is 0 Å². The summed E-state index contributed by atoms with van der Waals surface area (Å²) in [6.07, 6.45) is 4.51. The van der Waals surface area contributed by atoms with Crippen LogP contribution in [-0.4, -0.2) is 68.2 Å². The minimum Gasteiger partial charge on any atom is -0.383 e. The zero-order chi connectivity index (χ0) is 18.4. The highest BCUT2D eigenvalue weighted by atomic mass is 35.5. The normalized spacial score (nSPS) is 23.2. The molecule has 0 spiro atoms. The molecule has 1 N–H and O–H groups in total. The number of halogens is 1. The lowest BCUT2D eigenvalue weighted by Crippen LogP contribution is -2.50. The molecule has 1 aromatic heterocycles. The van der Waals surface area contributed by atoms with Gasteiger partial charge in [-0.15, -0.1) is 11.3 Å². The van der Waals surface area contributed by atoms with Crippen molar-refractivity contribution in [2.24, 2.45) is 5.92 Å². The molecular formula is C19H30ClN3O2S. The number of carbonyl (C=O) groups excluding carboxylic acids is 1. The Morgan fingerprint density at radius 2 is 2.12 bits per heavy atom. The second-order valence-electron chi connectivity index (χ2n) is 7.33. The molecule has 0 saturated carbocycles. The van der Waals surface area contributed by atoms with E-state index in [1.165, 1.54) is 17.7 Å². The highest BCUT2D eigenvalue weighted by Crippen LogP contribution is 2.27. The fraction of sp³-hybridized carbons (Fsp3) is 0.737. The minimum atomic E-state index is 0.131. The van der Waals surface area contributed by atoms with Gasteiger partial charge in [0.1, 0.15) is 0 Å². The summed E-state index contributed by atoms with van der Waals surface area (Å²) in [5.41, 5.74) is 0. The first kappa shape index (κ1) is 20.1. The molecule has 0 unspecified atom stereocenters. The van der Waals surface area contributed by atoms with Crippen molar-refractivity contribution >= 4 is 28.8 Å². The zero-order valence-electron chi connectivity index (χ0n) is 15.6. The average Bonchev–Trinajstić information content (AvgIpc) is 3.07. The molecular weight excluding hydrogens is 370 g/mol. The largest absolute Gasteiger partial charge is 0.383 e. The van der Waals surface area contributed by atoms with Crippen molar-refractivity contribution in [2.75, 3.05) is 46.4 Å². The van der Waals surface area contributed by atoms with Gasteiger partial charge >= 0.3 is 0 Å². The fourth-order valence-corrected chi connectivity index (χ4v) is 5.20. The van der Waals surface area contributed by atoms with Gasteiger partial charge in [0, 0.05) is 50.8 Å². The molecule has 1 atom stereocenters. The summed E-state index contributed by atoms with van der Waals surface area (Å²) >= 11 is 7.72. The van der Waals surface area contributed by atoms with Crippen molar-refractivity contribution in [3.05, 3.63) is 21.3 Å². The molecule has 0 aromatic carbocycles. The van der Waals surface area contributed by atoms with E-state index in [1.54, 1.807) is 18.4 Å². The first-order valence-electron chi connectivity index (χ1n) is 9.63. The molecule has 1 aromatic rings. The molecule has 7 heteroatoms. The van der Waals surface area contributed by atoms with E-state index in [0.29, 0.717) is 19.2 Å². The van der Waals surface area contributed by atoms with E-state index in [0.717, 1.165) is 49.9 Å². The lowest BCUT2D eigenvalue weighted by atomic mass is 9.93. The molecule has 1 amide bonds. The number of nitrogens with one attached hydrogen (secondary N) is 1. The van der Waals surface area contributed by atoms with Crippen LogP contribution in [0.5, 0.6) is 0 Å². The molecule has 0 bridgehead atoms. The number of methoxy groups -OCH3 is 1. The van der Waals surface area contributed by atoms with E-state index in [1.807, 2.05) is 6.07 Å². The Morgan fingerprint density at radius 1 is 1.31 bits per heavy atom. The van der Waals surface area contributed by atoms with Crippen LogP contribution in [-0.2, 0) is 16.1 Å². The smallest absolute Gasteiger partial charge is 0.224 e. The first-order valence-corrected chi connectivity index (χ1v) is 10.8. The summed E-state index contributed by atoms with van der Waals surface area (Å²) < 4.78 is 5.89. The Labute approximate surface area is 165 Å². The van der Waals surface area contributed by atoms with E-state index in [9.17, 15) is 4.79 Å². The van der Waals surface area contributed by atoms with Crippen LogP contribution in [0.3, 0.4) is 0 Å². The third-order valence-corrected chi connectivity index (χ3v) is 6.73. The van der Waals surface area contributed by atoms with Crippen LogP contribution in [0.25, 0.3) is 0 Å². The Bertz CT molecular complexity index is 575. The molecule has 3 heterocycles. The van der Waals surface area contributed by atoms with Crippen LogP contribution < -0.4 is 5.32 Å². The molecule has 0 aliphatic carbocycles. The van der Waals surface area contributed by atoms with Gasteiger partial charge in [0.05, 0.1) is 16.9 Å². The number of hydrogen-bond acceptors (Lipinski definition) is 5. The standard InChI is InChI=1S/C19H30ClN3O2S/c1-25-12-8-21-19(24)15-3-2-9-23(13-15)16-6-10-22(11-7-16)14-17-4-5-18(20)26-17/h4-5,15-16H,2-3,6-14H2,1H3,(H,21,24)/t15-/m0/s1. The number of likely N-dealkylation sites (tertiary alicyclic amines) is 2. The maximum atomic E-state index is 12.3. The average molecular weight is 400 g/mol. The second kappa shape index (κ2) is 10.0. The van der Waals surface area contributed by atoms with Crippen LogP contribution in [0.15, 0.2) is 12.1 Å². The summed E-state index contributed by atoms with van der Waals surface area (Å²) in [6.45, 7) is 6.49. The second-order valence-corrected chi connectivity index (χ2v) is 9.13. The van der Waals surface area contributed by atoms with Crippen LogP contribution in [0.2, 0.25) is 4.34 Å². The van der Waals surface area contributed by atoms with E-state index in [4.69, 9.17) is 16.3 Å². The summed E-state index contributed by atoms with van der Waals surface area (Å²) in [5, 5.41) is 3.00. The van der Waals surface area contributed by atoms with Gasteiger partial charge in [0.25, 0.3) is 0 Å². The van der Waals surface area contributed by atoms with E-state index >= 15 is 0 Å². The molecule has 26 heavy (non-hydrogen) atoms. The van der Waals surface area contributed by atoms with Gasteiger partial charge in [-0.25, -0.2) is 0 Å². The summed E-state index contributed by atoms with van der Waals surface area (Å²) in [4.78, 5) is 18.8. The van der Waals surface area contributed by atoms with Crippen molar-refractivity contribution < 1.29 is 9.53 Å². The summed E-state index contributed by atoms with van der Waals surface area (Å²) in [7, 11) is 1.66. The number of amides is 1. The minimum absolute atomic E-state index is 0.131. The van der Waals surface area contributed by atoms with Crippen molar-refractivity contribution in [3.8, 4) is 0 Å². The summed E-state index contributed by atoms with van der Waals surface area (Å²) in [6, 6.07) is 4.74. The lowest BCUT2D eigenvalue weighted by molar-refractivity contribution is -0.127. The third-order valence-electron chi connectivity index (χ3n) is 5.51. The highest BCUT2D eigenvalue weighted by Gasteiger charge is 2.31. The van der Waals surface area contributed by atoms with Gasteiger partial charge in [-0.3, -0.25) is 14.6 Å². The van der Waals surface area contributed by atoms with Gasteiger partial charge in [-0.1, -0.05) is 11.6 Å². The monoisotopic (exact) mass is 399 g/mol. The van der Waals surface area contributed by atoms with E-state index in [2.05, 4.69) is 21.2 Å². The van der Waals surface area contributed by atoms with Gasteiger partial charge in [-0.05, 0) is 44.4 Å². The number of piperidine rings is 2. The number of nitrogens with zero attached hydrogens (tertiary/aromatic N) is 2. The Kier molecular flexibility index (Phi) is 7.76. The molecule has 2 saturated heterocycles. The lowest BCUT2D eigenvalue weighted by Gasteiger charge is -2.42. The molecule has 3 rings (SSSR count). The van der Waals surface area contributed by atoms with Crippen molar-refractivity contribution in [2.45, 2.75) is 38.3 Å². The molecule has 2 fully saturated rings. The van der Waals surface area contributed by atoms with Gasteiger partial charge in [0.2, 0.25) is 5.91 Å². The summed E-state index contributed by atoms with van der Waals surface area (Å²) in [5.74, 6) is 0.325. The Balaban J connectivity index is 1.42. The number of carbonyl (C=O) groups is 1. The molecule has 5 nitrogen and oxygen atoms in total. The topological polar surface area (TPSA) is 44.8 Å². The Hall–Kier alpha value is -0.660. The quantitative estimate of drug-likeness (QED) is 0.716. The molecule has 0 radical (unpaired) electrons.